The lowest BCUT2D eigenvalue weighted by Gasteiger charge is -2.25. The third kappa shape index (κ3) is 3.76. The predicted octanol–water partition coefficient (Wildman–Crippen LogP) is 9.61. The van der Waals surface area contributed by atoms with Crippen LogP contribution in [0.5, 0.6) is 0 Å². The van der Waals surface area contributed by atoms with Crippen molar-refractivity contribution in [3.05, 3.63) is 149 Å². The van der Waals surface area contributed by atoms with Gasteiger partial charge in [-0.25, -0.2) is 4.99 Å². The molecule has 2 aromatic heterocycles. The Morgan fingerprint density at radius 3 is 1.73 bits per heavy atom. The maximum atomic E-state index is 5.45. The highest BCUT2D eigenvalue weighted by molar-refractivity contribution is 7.08. The Morgan fingerprint density at radius 2 is 1.12 bits per heavy atom. The molecule has 0 fully saturated rings. The highest BCUT2D eigenvalue weighted by Crippen LogP contribution is 2.41. The van der Waals surface area contributed by atoms with Crippen molar-refractivity contribution >= 4 is 44.8 Å². The zero-order chi connectivity index (χ0) is 26.5. The number of rotatable bonds is 3. The van der Waals surface area contributed by atoms with E-state index in [9.17, 15) is 0 Å². The van der Waals surface area contributed by atoms with Crippen LogP contribution in [0.15, 0.2) is 143 Å². The molecule has 1 aliphatic rings. The zero-order valence-corrected chi connectivity index (χ0v) is 22.5. The summed E-state index contributed by atoms with van der Waals surface area (Å²) in [6, 6.07) is 45.2. The van der Waals surface area contributed by atoms with Crippen LogP contribution in [-0.4, -0.2) is 10.5 Å². The first-order valence-electron chi connectivity index (χ1n) is 13.5. The summed E-state index contributed by atoms with van der Waals surface area (Å²) in [5.41, 5.74) is 10.6. The number of aliphatic imine (C=N–C) groups is 1. The van der Waals surface area contributed by atoms with E-state index in [1.807, 2.05) is 0 Å². The van der Waals surface area contributed by atoms with Gasteiger partial charge in [0, 0.05) is 21.7 Å². The molecule has 5 aromatic carbocycles. The lowest BCUT2D eigenvalue weighted by molar-refractivity contribution is 0.857. The van der Waals surface area contributed by atoms with Gasteiger partial charge in [-0.3, -0.25) is 4.57 Å². The lowest BCUT2D eigenvalue weighted by atomic mass is 9.91. The van der Waals surface area contributed by atoms with Gasteiger partial charge in [0.2, 0.25) is 5.96 Å². The predicted molar refractivity (Wildman–Crippen MR) is 169 cm³/mol. The minimum absolute atomic E-state index is 0.136. The molecule has 0 saturated heterocycles. The lowest BCUT2D eigenvalue weighted by Crippen LogP contribution is -2.26. The minimum atomic E-state index is -0.136. The summed E-state index contributed by atoms with van der Waals surface area (Å²) in [5.74, 6) is 0.847. The summed E-state index contributed by atoms with van der Waals surface area (Å²) in [6.07, 6.45) is 0. The molecule has 7 aromatic rings. The molecule has 1 aliphatic heterocycles. The molecule has 4 heteroatoms. The summed E-state index contributed by atoms with van der Waals surface area (Å²) < 4.78 is 2.28. The number of nitrogens with zero attached hydrogens (tertiary/aromatic N) is 2. The van der Waals surface area contributed by atoms with Crippen molar-refractivity contribution in [1.29, 1.82) is 0 Å². The quantitative estimate of drug-likeness (QED) is 0.242. The summed E-state index contributed by atoms with van der Waals surface area (Å²) in [5, 5.41) is 10.6. The highest BCUT2D eigenvalue weighted by atomic mass is 32.1. The van der Waals surface area contributed by atoms with Gasteiger partial charge in [-0.2, -0.15) is 0 Å². The number of hydrogen-bond acceptors (Lipinski definition) is 3. The Balaban J connectivity index is 1.36. The van der Waals surface area contributed by atoms with Crippen molar-refractivity contribution in [3.63, 3.8) is 0 Å². The molecule has 1 N–H and O–H groups in total. The van der Waals surface area contributed by atoms with Crippen LogP contribution in [0.4, 0.5) is 5.69 Å². The van der Waals surface area contributed by atoms with Crippen molar-refractivity contribution < 1.29 is 0 Å². The average molecular weight is 532 g/mol. The first-order valence-corrected chi connectivity index (χ1v) is 14.4. The number of thiophene rings is 1. The minimum Gasteiger partial charge on any atom is -0.324 e. The molecular weight excluding hydrogens is 506 g/mol. The van der Waals surface area contributed by atoms with E-state index in [0.717, 1.165) is 22.7 Å². The fraction of sp³-hybridized carbons (Fsp3) is 0.0278. The van der Waals surface area contributed by atoms with Gasteiger partial charge in [0.25, 0.3) is 0 Å². The van der Waals surface area contributed by atoms with Gasteiger partial charge in [0.15, 0.2) is 0 Å². The Bertz CT molecular complexity index is 1920. The van der Waals surface area contributed by atoms with Gasteiger partial charge >= 0.3 is 0 Å². The Labute approximate surface area is 236 Å². The second-order valence-electron chi connectivity index (χ2n) is 10.2. The number of nitrogens with one attached hydrogen (secondary N) is 1. The second kappa shape index (κ2) is 9.37. The van der Waals surface area contributed by atoms with Gasteiger partial charge < -0.3 is 5.32 Å². The first-order chi connectivity index (χ1) is 19.8. The van der Waals surface area contributed by atoms with E-state index in [1.165, 1.54) is 44.2 Å². The number of aromatic nitrogens is 1. The van der Waals surface area contributed by atoms with E-state index in [-0.39, 0.29) is 6.04 Å². The molecule has 3 nitrogen and oxygen atoms in total. The van der Waals surface area contributed by atoms with Crippen LogP contribution in [0.25, 0.3) is 44.1 Å². The second-order valence-corrected chi connectivity index (χ2v) is 10.9. The molecule has 1 unspecified atom stereocenters. The molecule has 0 bridgehead atoms. The smallest absolute Gasteiger partial charge is 0.208 e. The summed E-state index contributed by atoms with van der Waals surface area (Å²) in [4.78, 5) is 5.45. The molecule has 0 spiro atoms. The topological polar surface area (TPSA) is 29.3 Å². The number of para-hydroxylation sites is 2. The first kappa shape index (κ1) is 23.0. The molecule has 8 rings (SSSR count). The molecule has 0 aliphatic carbocycles. The molecule has 190 valence electrons. The van der Waals surface area contributed by atoms with Crippen LogP contribution in [0.1, 0.15) is 17.2 Å². The fourth-order valence-corrected chi connectivity index (χ4v) is 6.69. The Kier molecular flexibility index (Phi) is 5.39. The van der Waals surface area contributed by atoms with Crippen molar-refractivity contribution in [2.24, 2.45) is 4.99 Å². The summed E-state index contributed by atoms with van der Waals surface area (Å²) >= 11 is 1.72. The van der Waals surface area contributed by atoms with E-state index >= 15 is 0 Å². The SMILES string of the molecule is c1ccc(-c2cc(-c3ccccc3)cc(C3N=C(n4c5ccccc5c5ccccc54)Nc4cscc43)c2)cc1. The average Bonchev–Trinajstić information content (AvgIpc) is 3.64. The van der Waals surface area contributed by atoms with Gasteiger partial charge in [0.1, 0.15) is 6.04 Å². The molecule has 3 heterocycles. The van der Waals surface area contributed by atoms with E-state index in [0.29, 0.717) is 0 Å². The highest BCUT2D eigenvalue weighted by Gasteiger charge is 2.27. The molecular formula is C36H25N3S. The van der Waals surface area contributed by atoms with Crippen LogP contribution in [0.3, 0.4) is 0 Å². The standard InChI is InChI=1S/C36H25N3S/c1-3-11-24(12-4-1)26-19-27(25-13-5-2-6-14-25)21-28(20-26)35-31-22-40-23-32(31)37-36(38-35)39-33-17-9-7-15-29(33)30-16-8-10-18-34(30)39/h1-23,35H,(H,37,38). The number of anilines is 1. The van der Waals surface area contributed by atoms with Crippen LogP contribution in [0.2, 0.25) is 0 Å². The van der Waals surface area contributed by atoms with Crippen LogP contribution < -0.4 is 5.32 Å². The molecule has 0 amide bonds. The van der Waals surface area contributed by atoms with Crippen LogP contribution >= 0.6 is 11.3 Å². The summed E-state index contributed by atoms with van der Waals surface area (Å²) in [6.45, 7) is 0. The van der Waals surface area contributed by atoms with E-state index in [1.54, 1.807) is 11.3 Å². The van der Waals surface area contributed by atoms with Crippen molar-refractivity contribution in [2.45, 2.75) is 6.04 Å². The maximum absolute atomic E-state index is 5.45. The number of fused-ring (bicyclic) bond motifs is 4. The van der Waals surface area contributed by atoms with Crippen molar-refractivity contribution in [3.8, 4) is 22.3 Å². The van der Waals surface area contributed by atoms with E-state index < -0.39 is 0 Å². The monoisotopic (exact) mass is 531 g/mol. The van der Waals surface area contributed by atoms with E-state index in [4.69, 9.17) is 4.99 Å². The van der Waals surface area contributed by atoms with E-state index in [2.05, 4.69) is 148 Å². The Hall–Kier alpha value is -4.93. The largest absolute Gasteiger partial charge is 0.324 e. The number of hydrogen-bond donors (Lipinski definition) is 1. The van der Waals surface area contributed by atoms with Gasteiger partial charge in [-0.1, -0.05) is 97.1 Å². The van der Waals surface area contributed by atoms with Crippen LogP contribution in [0, 0.1) is 0 Å². The molecule has 40 heavy (non-hydrogen) atoms. The molecule has 1 atom stereocenters. The van der Waals surface area contributed by atoms with Gasteiger partial charge in [-0.05, 0) is 63.5 Å². The third-order valence-corrected chi connectivity index (χ3v) is 8.52. The number of benzene rings is 5. The van der Waals surface area contributed by atoms with Gasteiger partial charge in [-0.15, -0.1) is 11.3 Å². The van der Waals surface area contributed by atoms with Crippen LogP contribution in [-0.2, 0) is 0 Å². The third-order valence-electron chi connectivity index (χ3n) is 7.76. The zero-order valence-electron chi connectivity index (χ0n) is 21.7. The summed E-state index contributed by atoms with van der Waals surface area (Å²) in [7, 11) is 0. The normalized spacial score (nSPS) is 14.6. The fourth-order valence-electron chi connectivity index (χ4n) is 5.89. The molecule has 0 saturated carbocycles. The van der Waals surface area contributed by atoms with Crippen molar-refractivity contribution in [2.75, 3.05) is 5.32 Å². The Morgan fingerprint density at radius 1 is 0.575 bits per heavy atom. The van der Waals surface area contributed by atoms with Crippen molar-refractivity contribution in [1.82, 2.24) is 4.57 Å². The molecule has 0 radical (unpaired) electrons. The maximum Gasteiger partial charge on any atom is 0.208 e. The van der Waals surface area contributed by atoms with Gasteiger partial charge in [0.05, 0.1) is 16.7 Å².